The second-order valence-corrected chi connectivity index (χ2v) is 6.75. The second kappa shape index (κ2) is 8.44. The summed E-state index contributed by atoms with van der Waals surface area (Å²) in [6, 6.07) is 10.0. The summed E-state index contributed by atoms with van der Waals surface area (Å²) in [4.78, 5) is 14.4. The molecule has 0 aliphatic heterocycles. The molecule has 0 bridgehead atoms. The van der Waals surface area contributed by atoms with Gasteiger partial charge in [-0.1, -0.05) is 17.7 Å². The van der Waals surface area contributed by atoms with Gasteiger partial charge in [-0.15, -0.1) is 0 Å². The number of amides is 1. The van der Waals surface area contributed by atoms with Crippen molar-refractivity contribution in [3.63, 3.8) is 0 Å². The Kier molecular flexibility index (Phi) is 6.01. The molecule has 4 nitrogen and oxygen atoms in total. The standard InChI is InChI=1S/C21H21ClFNO3/c1-26-16-9-10-20(27-2)14(12-16)6-11-21(25)24(15-7-8-15)13-17-18(22)4-3-5-19(17)23/h3-6,9-12,15H,7-8,13H2,1-2H3/b11-6+. The zero-order valence-corrected chi connectivity index (χ0v) is 16.0. The lowest BCUT2D eigenvalue weighted by Gasteiger charge is -2.22. The maximum absolute atomic E-state index is 14.1. The van der Waals surface area contributed by atoms with E-state index in [1.54, 1.807) is 55.5 Å². The first kappa shape index (κ1) is 19.2. The van der Waals surface area contributed by atoms with Gasteiger partial charge in [0, 0.05) is 28.3 Å². The van der Waals surface area contributed by atoms with Gasteiger partial charge in [0.25, 0.3) is 0 Å². The van der Waals surface area contributed by atoms with E-state index in [2.05, 4.69) is 0 Å². The molecule has 1 aliphatic carbocycles. The Bertz CT molecular complexity index is 844. The lowest BCUT2D eigenvalue weighted by Crippen LogP contribution is -2.31. The molecule has 1 amide bonds. The van der Waals surface area contributed by atoms with E-state index in [1.807, 2.05) is 0 Å². The zero-order valence-electron chi connectivity index (χ0n) is 15.2. The summed E-state index contributed by atoms with van der Waals surface area (Å²) in [6.07, 6.45) is 4.98. The molecule has 2 aromatic carbocycles. The molecule has 1 saturated carbocycles. The number of halogens is 2. The smallest absolute Gasteiger partial charge is 0.247 e. The van der Waals surface area contributed by atoms with Gasteiger partial charge < -0.3 is 14.4 Å². The molecule has 142 valence electrons. The summed E-state index contributed by atoms with van der Waals surface area (Å²) in [6.45, 7) is 0.147. The Morgan fingerprint density at radius 3 is 2.67 bits per heavy atom. The van der Waals surface area contributed by atoms with Crippen LogP contribution in [0.5, 0.6) is 11.5 Å². The highest BCUT2D eigenvalue weighted by Crippen LogP contribution is 2.31. The highest BCUT2D eigenvalue weighted by Gasteiger charge is 2.32. The number of carbonyl (C=O) groups excluding carboxylic acids is 1. The number of ether oxygens (including phenoxy) is 2. The van der Waals surface area contributed by atoms with E-state index in [0.29, 0.717) is 22.1 Å². The van der Waals surface area contributed by atoms with Gasteiger partial charge in [0.1, 0.15) is 17.3 Å². The summed E-state index contributed by atoms with van der Waals surface area (Å²) < 4.78 is 24.7. The Labute approximate surface area is 163 Å². The molecule has 0 atom stereocenters. The van der Waals surface area contributed by atoms with Crippen LogP contribution < -0.4 is 9.47 Å². The van der Waals surface area contributed by atoms with Crippen molar-refractivity contribution in [1.29, 1.82) is 0 Å². The molecule has 1 fully saturated rings. The molecular weight excluding hydrogens is 369 g/mol. The maximum atomic E-state index is 14.1. The minimum absolute atomic E-state index is 0.116. The van der Waals surface area contributed by atoms with Gasteiger partial charge in [-0.25, -0.2) is 4.39 Å². The minimum atomic E-state index is -0.403. The largest absolute Gasteiger partial charge is 0.497 e. The van der Waals surface area contributed by atoms with Gasteiger partial charge in [-0.05, 0) is 49.2 Å². The van der Waals surface area contributed by atoms with Crippen LogP contribution in [0.1, 0.15) is 24.0 Å². The number of hydrogen-bond donors (Lipinski definition) is 0. The van der Waals surface area contributed by atoms with Crippen molar-refractivity contribution in [2.75, 3.05) is 14.2 Å². The summed E-state index contributed by atoms with van der Waals surface area (Å²) in [5.41, 5.74) is 1.07. The van der Waals surface area contributed by atoms with Crippen molar-refractivity contribution in [1.82, 2.24) is 4.90 Å². The maximum Gasteiger partial charge on any atom is 0.247 e. The van der Waals surface area contributed by atoms with Gasteiger partial charge in [0.05, 0.1) is 20.8 Å². The van der Waals surface area contributed by atoms with Crippen LogP contribution in [-0.4, -0.2) is 31.1 Å². The van der Waals surface area contributed by atoms with Crippen LogP contribution in [0.2, 0.25) is 5.02 Å². The third-order valence-corrected chi connectivity index (χ3v) is 4.86. The first-order chi connectivity index (χ1) is 13.0. The molecule has 0 saturated heterocycles. The van der Waals surface area contributed by atoms with E-state index in [-0.39, 0.29) is 18.5 Å². The number of nitrogens with zero attached hydrogens (tertiary/aromatic N) is 1. The summed E-state index contributed by atoms with van der Waals surface area (Å²) in [7, 11) is 3.14. The Morgan fingerprint density at radius 1 is 1.26 bits per heavy atom. The van der Waals surface area contributed by atoms with Gasteiger partial charge in [0.15, 0.2) is 0 Å². The van der Waals surface area contributed by atoms with Crippen molar-refractivity contribution >= 4 is 23.6 Å². The van der Waals surface area contributed by atoms with Gasteiger partial charge in [0.2, 0.25) is 5.91 Å². The topological polar surface area (TPSA) is 38.8 Å². The van der Waals surface area contributed by atoms with Gasteiger partial charge in [-0.3, -0.25) is 4.79 Å². The normalized spacial score (nSPS) is 13.6. The van der Waals surface area contributed by atoms with E-state index in [9.17, 15) is 9.18 Å². The fraction of sp³-hybridized carbons (Fsp3) is 0.286. The third-order valence-electron chi connectivity index (χ3n) is 4.50. The van der Waals surface area contributed by atoms with Crippen LogP contribution in [0, 0.1) is 5.82 Å². The lowest BCUT2D eigenvalue weighted by atomic mass is 10.1. The highest BCUT2D eigenvalue weighted by molar-refractivity contribution is 6.31. The number of rotatable bonds is 7. The van der Waals surface area contributed by atoms with E-state index >= 15 is 0 Å². The molecule has 3 rings (SSSR count). The average molecular weight is 390 g/mol. The van der Waals surface area contributed by atoms with Crippen LogP contribution in [0.25, 0.3) is 6.08 Å². The van der Waals surface area contributed by atoms with Crippen molar-refractivity contribution in [2.45, 2.75) is 25.4 Å². The zero-order chi connectivity index (χ0) is 19.4. The van der Waals surface area contributed by atoms with Crippen LogP contribution in [0.3, 0.4) is 0 Å². The third kappa shape index (κ3) is 4.61. The highest BCUT2D eigenvalue weighted by atomic mass is 35.5. The van der Waals surface area contributed by atoms with Gasteiger partial charge in [-0.2, -0.15) is 0 Å². The molecule has 1 aliphatic rings. The van der Waals surface area contributed by atoms with Crippen LogP contribution in [-0.2, 0) is 11.3 Å². The minimum Gasteiger partial charge on any atom is -0.497 e. The van der Waals surface area contributed by atoms with Crippen molar-refractivity contribution in [2.24, 2.45) is 0 Å². The first-order valence-electron chi connectivity index (χ1n) is 8.67. The number of methoxy groups -OCH3 is 2. The summed E-state index contributed by atoms with van der Waals surface area (Å²) in [5, 5.41) is 0.326. The molecule has 2 aromatic rings. The summed E-state index contributed by atoms with van der Waals surface area (Å²) >= 11 is 6.12. The van der Waals surface area contributed by atoms with Crippen LogP contribution >= 0.6 is 11.6 Å². The number of benzene rings is 2. The first-order valence-corrected chi connectivity index (χ1v) is 9.05. The average Bonchev–Trinajstić information content (AvgIpc) is 3.50. The van der Waals surface area contributed by atoms with E-state index in [4.69, 9.17) is 21.1 Å². The second-order valence-electron chi connectivity index (χ2n) is 6.34. The Balaban J connectivity index is 1.81. The quantitative estimate of drug-likeness (QED) is 0.644. The van der Waals surface area contributed by atoms with E-state index in [0.717, 1.165) is 18.4 Å². The molecule has 0 radical (unpaired) electrons. The number of hydrogen-bond acceptors (Lipinski definition) is 3. The SMILES string of the molecule is COc1ccc(OC)c(/C=C/C(=O)N(Cc2c(F)cccc2Cl)C2CC2)c1. The Morgan fingerprint density at radius 2 is 2.04 bits per heavy atom. The summed E-state index contributed by atoms with van der Waals surface area (Å²) in [5.74, 6) is 0.705. The van der Waals surface area contributed by atoms with Crippen molar-refractivity contribution in [3.05, 3.63) is 64.4 Å². The molecule has 0 aromatic heterocycles. The van der Waals surface area contributed by atoms with Crippen molar-refractivity contribution < 1.29 is 18.7 Å². The van der Waals surface area contributed by atoms with E-state index < -0.39 is 5.82 Å². The monoisotopic (exact) mass is 389 g/mol. The van der Waals surface area contributed by atoms with E-state index in [1.165, 1.54) is 12.1 Å². The van der Waals surface area contributed by atoms with Crippen LogP contribution in [0.15, 0.2) is 42.5 Å². The predicted molar refractivity (Wildman–Crippen MR) is 104 cm³/mol. The van der Waals surface area contributed by atoms with Crippen LogP contribution in [0.4, 0.5) is 4.39 Å². The number of carbonyl (C=O) groups is 1. The molecule has 6 heteroatoms. The molecular formula is C21H21ClFNO3. The van der Waals surface area contributed by atoms with Gasteiger partial charge >= 0.3 is 0 Å². The fourth-order valence-corrected chi connectivity index (χ4v) is 3.08. The Hall–Kier alpha value is -2.53. The molecule has 27 heavy (non-hydrogen) atoms. The molecule has 0 unspecified atom stereocenters. The fourth-order valence-electron chi connectivity index (χ4n) is 2.85. The van der Waals surface area contributed by atoms with Crippen molar-refractivity contribution in [3.8, 4) is 11.5 Å². The molecule has 0 heterocycles. The predicted octanol–water partition coefficient (Wildman–Crippen LogP) is 4.70. The molecule has 0 N–H and O–H groups in total. The lowest BCUT2D eigenvalue weighted by molar-refractivity contribution is -0.127. The molecule has 0 spiro atoms.